The van der Waals surface area contributed by atoms with Gasteiger partial charge in [0.25, 0.3) is 0 Å². The number of rotatable bonds is 6. The number of halogens is 1. The van der Waals surface area contributed by atoms with E-state index in [4.69, 9.17) is 4.74 Å². The molecule has 1 fully saturated rings. The molecule has 0 saturated carbocycles. The Morgan fingerprint density at radius 3 is 2.70 bits per heavy atom. The van der Waals surface area contributed by atoms with Crippen molar-refractivity contribution in [1.29, 1.82) is 0 Å². The van der Waals surface area contributed by atoms with Crippen molar-refractivity contribution in [3.05, 3.63) is 65.5 Å². The Morgan fingerprint density at radius 2 is 2.00 bits per heavy atom. The van der Waals surface area contributed by atoms with Crippen LogP contribution < -0.4 is 15.4 Å². The van der Waals surface area contributed by atoms with Gasteiger partial charge in [0, 0.05) is 13.1 Å². The van der Waals surface area contributed by atoms with Gasteiger partial charge < -0.3 is 15.4 Å². The van der Waals surface area contributed by atoms with Crippen molar-refractivity contribution in [2.24, 2.45) is 0 Å². The fraction of sp³-hybridized carbons (Fsp3) is 0.278. The van der Waals surface area contributed by atoms with E-state index >= 15 is 0 Å². The van der Waals surface area contributed by atoms with Crippen LogP contribution in [0, 0.1) is 5.82 Å². The van der Waals surface area contributed by atoms with Crippen molar-refractivity contribution in [1.82, 2.24) is 10.6 Å². The second-order valence-electron chi connectivity index (χ2n) is 5.58. The van der Waals surface area contributed by atoms with Crippen LogP contribution in [0.15, 0.2) is 48.5 Å². The average Bonchev–Trinajstić information content (AvgIpc) is 2.97. The predicted molar refractivity (Wildman–Crippen MR) is 85.4 cm³/mol. The Hall–Kier alpha value is -2.40. The van der Waals surface area contributed by atoms with Gasteiger partial charge >= 0.3 is 0 Å². The molecule has 5 heteroatoms. The molecule has 23 heavy (non-hydrogen) atoms. The van der Waals surface area contributed by atoms with E-state index < -0.39 is 0 Å². The molecule has 1 aliphatic heterocycles. The minimum Gasteiger partial charge on any atom is -0.489 e. The Bertz CT molecular complexity index is 673. The largest absolute Gasteiger partial charge is 0.489 e. The minimum absolute atomic E-state index is 0.0695. The first-order chi connectivity index (χ1) is 11.2. The summed E-state index contributed by atoms with van der Waals surface area (Å²) in [6, 6.07) is 14.0. The van der Waals surface area contributed by atoms with Crippen molar-refractivity contribution in [3.8, 4) is 5.75 Å². The number of amides is 1. The monoisotopic (exact) mass is 314 g/mol. The molecule has 1 heterocycles. The molecule has 1 saturated heterocycles. The van der Waals surface area contributed by atoms with Crippen molar-refractivity contribution in [3.63, 3.8) is 0 Å². The molecule has 2 aromatic carbocycles. The fourth-order valence-corrected chi connectivity index (χ4v) is 2.53. The standard InChI is InChI=1S/C18H19FN2O2/c19-15-3-1-2-14(10-15)12-23-16-6-4-13(5-7-16)11-21-17-8-9-20-18(17)22/h1-7,10,17,21H,8-9,11-12H2,(H,20,22). The third-order valence-corrected chi connectivity index (χ3v) is 3.82. The Morgan fingerprint density at radius 1 is 1.17 bits per heavy atom. The van der Waals surface area contributed by atoms with E-state index in [0.717, 1.165) is 29.8 Å². The summed E-state index contributed by atoms with van der Waals surface area (Å²) in [7, 11) is 0. The highest BCUT2D eigenvalue weighted by molar-refractivity contribution is 5.83. The lowest BCUT2D eigenvalue weighted by molar-refractivity contribution is -0.120. The second-order valence-corrected chi connectivity index (χ2v) is 5.58. The molecular formula is C18H19FN2O2. The van der Waals surface area contributed by atoms with Gasteiger partial charge in [-0.25, -0.2) is 4.39 Å². The molecule has 0 aromatic heterocycles. The maximum absolute atomic E-state index is 13.1. The van der Waals surface area contributed by atoms with Crippen LogP contribution in [-0.2, 0) is 17.9 Å². The third-order valence-electron chi connectivity index (χ3n) is 3.82. The summed E-state index contributed by atoms with van der Waals surface area (Å²) >= 11 is 0. The Balaban J connectivity index is 1.49. The van der Waals surface area contributed by atoms with Gasteiger partial charge in [-0.1, -0.05) is 24.3 Å². The number of nitrogens with one attached hydrogen (secondary N) is 2. The van der Waals surface area contributed by atoms with Crippen LogP contribution in [0.3, 0.4) is 0 Å². The van der Waals surface area contributed by atoms with Crippen LogP contribution in [0.2, 0.25) is 0 Å². The molecule has 3 rings (SSSR count). The first-order valence-electron chi connectivity index (χ1n) is 7.68. The van der Waals surface area contributed by atoms with Crippen LogP contribution in [0.5, 0.6) is 5.75 Å². The number of benzene rings is 2. The van der Waals surface area contributed by atoms with Gasteiger partial charge in [0.1, 0.15) is 18.2 Å². The highest BCUT2D eigenvalue weighted by atomic mass is 19.1. The van der Waals surface area contributed by atoms with E-state index in [1.54, 1.807) is 6.07 Å². The molecular weight excluding hydrogens is 295 g/mol. The lowest BCUT2D eigenvalue weighted by atomic mass is 10.2. The van der Waals surface area contributed by atoms with Crippen LogP contribution in [0.4, 0.5) is 4.39 Å². The number of hydrogen-bond acceptors (Lipinski definition) is 3. The predicted octanol–water partition coefficient (Wildman–Crippen LogP) is 2.38. The molecule has 2 aromatic rings. The van der Waals surface area contributed by atoms with Gasteiger partial charge in [-0.15, -0.1) is 0 Å². The SMILES string of the molecule is O=C1NCCC1NCc1ccc(OCc2cccc(F)c2)cc1. The van der Waals surface area contributed by atoms with E-state index in [1.165, 1.54) is 12.1 Å². The first-order valence-corrected chi connectivity index (χ1v) is 7.68. The Kier molecular flexibility index (Phi) is 4.88. The maximum Gasteiger partial charge on any atom is 0.237 e. The molecule has 0 radical (unpaired) electrons. The van der Waals surface area contributed by atoms with Crippen LogP contribution in [0.1, 0.15) is 17.5 Å². The van der Waals surface area contributed by atoms with Crippen molar-refractivity contribution < 1.29 is 13.9 Å². The van der Waals surface area contributed by atoms with E-state index in [-0.39, 0.29) is 17.8 Å². The van der Waals surface area contributed by atoms with Crippen LogP contribution in [-0.4, -0.2) is 18.5 Å². The summed E-state index contributed by atoms with van der Waals surface area (Å²) in [6.07, 6.45) is 0.827. The zero-order valence-electron chi connectivity index (χ0n) is 12.7. The van der Waals surface area contributed by atoms with Gasteiger partial charge in [-0.2, -0.15) is 0 Å². The van der Waals surface area contributed by atoms with Gasteiger partial charge in [0.15, 0.2) is 0 Å². The summed E-state index contributed by atoms with van der Waals surface area (Å²) in [5.41, 5.74) is 1.88. The molecule has 0 spiro atoms. The van der Waals surface area contributed by atoms with Gasteiger partial charge in [0.2, 0.25) is 5.91 Å². The molecule has 4 nitrogen and oxygen atoms in total. The van der Waals surface area contributed by atoms with Gasteiger partial charge in [0.05, 0.1) is 6.04 Å². The fourth-order valence-electron chi connectivity index (χ4n) is 2.53. The third kappa shape index (κ3) is 4.29. The number of hydrogen-bond donors (Lipinski definition) is 2. The smallest absolute Gasteiger partial charge is 0.237 e. The number of ether oxygens (including phenoxy) is 1. The van der Waals surface area contributed by atoms with Crippen LogP contribution >= 0.6 is 0 Å². The molecule has 120 valence electrons. The zero-order valence-corrected chi connectivity index (χ0v) is 12.7. The molecule has 1 aliphatic rings. The topological polar surface area (TPSA) is 50.4 Å². The summed E-state index contributed by atoms with van der Waals surface area (Å²) in [5, 5.41) is 6.04. The summed E-state index contributed by atoms with van der Waals surface area (Å²) in [6.45, 7) is 1.71. The molecule has 1 unspecified atom stereocenters. The average molecular weight is 314 g/mol. The summed E-state index contributed by atoms with van der Waals surface area (Å²) < 4.78 is 18.7. The lowest BCUT2D eigenvalue weighted by Crippen LogP contribution is -2.35. The minimum atomic E-state index is -0.261. The second kappa shape index (κ2) is 7.24. The first kappa shape index (κ1) is 15.5. The maximum atomic E-state index is 13.1. The molecule has 0 aliphatic carbocycles. The molecule has 2 N–H and O–H groups in total. The Labute approximate surface area is 134 Å². The zero-order chi connectivity index (χ0) is 16.1. The van der Waals surface area contributed by atoms with Crippen molar-refractivity contribution in [2.75, 3.05) is 6.54 Å². The van der Waals surface area contributed by atoms with Crippen LogP contribution in [0.25, 0.3) is 0 Å². The van der Waals surface area contributed by atoms with E-state index in [1.807, 2.05) is 30.3 Å². The van der Waals surface area contributed by atoms with Crippen molar-refractivity contribution >= 4 is 5.91 Å². The number of carbonyl (C=O) groups is 1. The summed E-state index contributed by atoms with van der Waals surface area (Å²) in [5.74, 6) is 0.542. The molecule has 1 atom stereocenters. The van der Waals surface area contributed by atoms with E-state index in [0.29, 0.717) is 13.2 Å². The highest BCUT2D eigenvalue weighted by Gasteiger charge is 2.22. The van der Waals surface area contributed by atoms with Crippen molar-refractivity contribution in [2.45, 2.75) is 25.6 Å². The van der Waals surface area contributed by atoms with E-state index in [9.17, 15) is 9.18 Å². The molecule has 0 bridgehead atoms. The quantitative estimate of drug-likeness (QED) is 0.861. The lowest BCUT2D eigenvalue weighted by Gasteiger charge is -2.11. The highest BCUT2D eigenvalue weighted by Crippen LogP contribution is 2.15. The summed E-state index contributed by atoms with van der Waals surface area (Å²) in [4.78, 5) is 11.5. The van der Waals surface area contributed by atoms with Gasteiger partial charge in [-0.05, 0) is 41.8 Å². The number of carbonyl (C=O) groups excluding carboxylic acids is 1. The van der Waals surface area contributed by atoms with E-state index in [2.05, 4.69) is 10.6 Å². The van der Waals surface area contributed by atoms with Gasteiger partial charge in [-0.3, -0.25) is 4.79 Å². The normalized spacial score (nSPS) is 17.1. The molecule has 1 amide bonds.